The van der Waals surface area contributed by atoms with Crippen molar-refractivity contribution in [1.29, 1.82) is 5.26 Å². The van der Waals surface area contributed by atoms with Crippen LogP contribution in [0, 0.1) is 17.1 Å². The van der Waals surface area contributed by atoms with Crippen LogP contribution >= 0.6 is 0 Å². The number of nitriles is 1. The molecule has 0 amide bonds. The van der Waals surface area contributed by atoms with Gasteiger partial charge in [-0.1, -0.05) is 0 Å². The summed E-state index contributed by atoms with van der Waals surface area (Å²) in [5.41, 5.74) is 0.554. The van der Waals surface area contributed by atoms with Gasteiger partial charge in [0.1, 0.15) is 5.82 Å². The second-order valence-corrected chi connectivity index (χ2v) is 2.13. The first kappa shape index (κ1) is 8.21. The van der Waals surface area contributed by atoms with Gasteiger partial charge in [0.25, 0.3) is 0 Å². The van der Waals surface area contributed by atoms with Crippen molar-refractivity contribution in [3.63, 3.8) is 0 Å². The molecule has 0 aromatic heterocycles. The van der Waals surface area contributed by atoms with Crippen LogP contribution in [0.2, 0.25) is 0 Å². The van der Waals surface area contributed by atoms with Crippen LogP contribution in [0.4, 0.5) is 4.39 Å². The van der Waals surface area contributed by atoms with Gasteiger partial charge in [0.05, 0.1) is 17.8 Å². The van der Waals surface area contributed by atoms with Gasteiger partial charge in [-0.05, 0) is 18.2 Å². The molecule has 4 heteroatoms. The van der Waals surface area contributed by atoms with Crippen molar-refractivity contribution in [3.05, 3.63) is 35.1 Å². The minimum atomic E-state index is -0.497. The van der Waals surface area contributed by atoms with Crippen LogP contribution in [-0.4, -0.2) is 6.21 Å². The van der Waals surface area contributed by atoms with E-state index in [-0.39, 0.29) is 11.1 Å². The number of hydrazone groups is 1. The van der Waals surface area contributed by atoms with Crippen molar-refractivity contribution in [2.45, 2.75) is 0 Å². The van der Waals surface area contributed by atoms with Crippen LogP contribution in [0.1, 0.15) is 11.1 Å². The molecule has 0 unspecified atom stereocenters. The Hall–Kier alpha value is -1.89. The molecule has 1 aromatic rings. The molecule has 1 rings (SSSR count). The predicted octanol–water partition coefficient (Wildman–Crippen LogP) is 0.990. The summed E-state index contributed by atoms with van der Waals surface area (Å²) in [5.74, 6) is 4.34. The third-order valence-electron chi connectivity index (χ3n) is 1.34. The quantitative estimate of drug-likeness (QED) is 0.381. The summed E-state index contributed by atoms with van der Waals surface area (Å²) >= 11 is 0. The van der Waals surface area contributed by atoms with Crippen LogP contribution in [0.15, 0.2) is 23.3 Å². The first-order chi connectivity index (χ1) is 5.77. The number of hydrogen-bond acceptors (Lipinski definition) is 3. The fraction of sp³-hybridized carbons (Fsp3) is 0. The average molecular weight is 163 g/mol. The van der Waals surface area contributed by atoms with Crippen molar-refractivity contribution >= 4 is 6.21 Å². The molecule has 0 fully saturated rings. The number of hydrogen-bond donors (Lipinski definition) is 1. The highest BCUT2D eigenvalue weighted by atomic mass is 19.1. The summed E-state index contributed by atoms with van der Waals surface area (Å²) in [6.07, 6.45) is 1.19. The zero-order chi connectivity index (χ0) is 8.97. The van der Waals surface area contributed by atoms with Crippen LogP contribution in [0.5, 0.6) is 0 Å². The van der Waals surface area contributed by atoms with E-state index in [0.717, 1.165) is 6.07 Å². The number of nitrogens with zero attached hydrogens (tertiary/aromatic N) is 2. The van der Waals surface area contributed by atoms with E-state index in [1.165, 1.54) is 18.3 Å². The van der Waals surface area contributed by atoms with Gasteiger partial charge in [-0.3, -0.25) is 0 Å². The van der Waals surface area contributed by atoms with Gasteiger partial charge in [-0.25, -0.2) is 4.39 Å². The maximum atomic E-state index is 12.9. The number of nitrogens with two attached hydrogens (primary N) is 1. The van der Waals surface area contributed by atoms with Gasteiger partial charge in [-0.2, -0.15) is 10.4 Å². The first-order valence-corrected chi connectivity index (χ1v) is 3.21. The third-order valence-corrected chi connectivity index (χ3v) is 1.34. The molecule has 0 aliphatic rings. The molecule has 0 aliphatic carbocycles. The van der Waals surface area contributed by atoms with Crippen molar-refractivity contribution in [2.75, 3.05) is 0 Å². The lowest BCUT2D eigenvalue weighted by molar-refractivity contribution is 0.625. The van der Waals surface area contributed by atoms with E-state index in [1.807, 2.05) is 6.07 Å². The van der Waals surface area contributed by atoms with E-state index in [4.69, 9.17) is 11.1 Å². The molecule has 3 nitrogen and oxygen atoms in total. The fourth-order valence-corrected chi connectivity index (χ4v) is 0.782. The van der Waals surface area contributed by atoms with E-state index < -0.39 is 5.82 Å². The Kier molecular flexibility index (Phi) is 2.38. The fourth-order valence-electron chi connectivity index (χ4n) is 0.782. The minimum absolute atomic E-state index is 0.275. The normalized spacial score (nSPS) is 10.0. The van der Waals surface area contributed by atoms with Crippen molar-refractivity contribution in [2.24, 2.45) is 10.9 Å². The summed E-state index contributed by atoms with van der Waals surface area (Å²) < 4.78 is 12.9. The Morgan fingerprint density at radius 2 is 2.33 bits per heavy atom. The molecular weight excluding hydrogens is 157 g/mol. The second-order valence-electron chi connectivity index (χ2n) is 2.13. The Bertz CT molecular complexity index is 352. The molecule has 60 valence electrons. The van der Waals surface area contributed by atoms with E-state index >= 15 is 0 Å². The van der Waals surface area contributed by atoms with Gasteiger partial charge in [-0.15, -0.1) is 0 Å². The molecular formula is C8H6FN3. The standard InChI is InChI=1S/C8H6FN3/c9-8-3-6(4-10)1-2-7(8)5-12-11/h1-3,5H,11H2/b12-5+. The van der Waals surface area contributed by atoms with Gasteiger partial charge >= 0.3 is 0 Å². The summed E-state index contributed by atoms with van der Waals surface area (Å²) in [6.45, 7) is 0. The van der Waals surface area contributed by atoms with Crippen LogP contribution in [0.3, 0.4) is 0 Å². The lowest BCUT2D eigenvalue weighted by Crippen LogP contribution is -1.91. The highest BCUT2D eigenvalue weighted by Gasteiger charge is 1.99. The van der Waals surface area contributed by atoms with Gasteiger partial charge in [0, 0.05) is 5.56 Å². The number of halogens is 1. The molecule has 0 saturated carbocycles. The molecule has 0 aliphatic heterocycles. The third kappa shape index (κ3) is 1.58. The average Bonchev–Trinajstić information content (AvgIpc) is 2.09. The molecule has 0 radical (unpaired) electrons. The molecule has 0 heterocycles. The molecule has 2 N–H and O–H groups in total. The summed E-state index contributed by atoms with van der Waals surface area (Å²) in [7, 11) is 0. The highest BCUT2D eigenvalue weighted by Crippen LogP contribution is 2.07. The topological polar surface area (TPSA) is 62.2 Å². The smallest absolute Gasteiger partial charge is 0.133 e. The summed E-state index contributed by atoms with van der Waals surface area (Å²) in [5, 5.41) is 11.6. The van der Waals surface area contributed by atoms with Gasteiger partial charge in [0.2, 0.25) is 0 Å². The first-order valence-electron chi connectivity index (χ1n) is 3.21. The number of benzene rings is 1. The monoisotopic (exact) mass is 163 g/mol. The van der Waals surface area contributed by atoms with Crippen LogP contribution in [0.25, 0.3) is 0 Å². The van der Waals surface area contributed by atoms with Gasteiger partial charge in [0.15, 0.2) is 0 Å². The Morgan fingerprint density at radius 3 is 2.83 bits per heavy atom. The number of rotatable bonds is 1. The largest absolute Gasteiger partial charge is 0.323 e. The zero-order valence-electron chi connectivity index (χ0n) is 6.16. The molecule has 0 spiro atoms. The molecule has 0 saturated heterocycles. The zero-order valence-corrected chi connectivity index (χ0v) is 6.16. The van der Waals surface area contributed by atoms with E-state index in [2.05, 4.69) is 5.10 Å². The Morgan fingerprint density at radius 1 is 1.58 bits per heavy atom. The van der Waals surface area contributed by atoms with Crippen molar-refractivity contribution in [3.8, 4) is 6.07 Å². The molecule has 0 atom stereocenters. The predicted molar refractivity (Wildman–Crippen MR) is 42.9 cm³/mol. The van der Waals surface area contributed by atoms with E-state index in [0.29, 0.717) is 0 Å². The molecule has 1 aromatic carbocycles. The van der Waals surface area contributed by atoms with Crippen molar-refractivity contribution in [1.82, 2.24) is 0 Å². The molecule has 0 bridgehead atoms. The Labute approximate surface area is 68.9 Å². The lowest BCUT2D eigenvalue weighted by Gasteiger charge is -1.94. The Balaban J connectivity index is 3.14. The van der Waals surface area contributed by atoms with Crippen molar-refractivity contribution < 1.29 is 4.39 Å². The van der Waals surface area contributed by atoms with Crippen LogP contribution < -0.4 is 5.84 Å². The van der Waals surface area contributed by atoms with Crippen LogP contribution in [-0.2, 0) is 0 Å². The molecule has 12 heavy (non-hydrogen) atoms. The summed E-state index contributed by atoms with van der Waals surface area (Å²) in [4.78, 5) is 0. The highest BCUT2D eigenvalue weighted by molar-refractivity contribution is 5.79. The maximum Gasteiger partial charge on any atom is 0.133 e. The van der Waals surface area contributed by atoms with E-state index in [1.54, 1.807) is 0 Å². The summed E-state index contributed by atoms with van der Waals surface area (Å²) in [6, 6.07) is 5.91. The SMILES string of the molecule is N#Cc1ccc(/C=N/N)c(F)c1. The van der Waals surface area contributed by atoms with Gasteiger partial charge < -0.3 is 5.84 Å². The second kappa shape index (κ2) is 3.49. The minimum Gasteiger partial charge on any atom is -0.323 e. The lowest BCUT2D eigenvalue weighted by atomic mass is 10.1. The maximum absolute atomic E-state index is 12.9. The van der Waals surface area contributed by atoms with E-state index in [9.17, 15) is 4.39 Å².